The largest absolute Gasteiger partial charge is 0.478 e. The van der Waals surface area contributed by atoms with Gasteiger partial charge in [-0.05, 0) is 61.4 Å². The fraction of sp³-hybridized carbons (Fsp3) is 0.0870. The third kappa shape index (κ3) is 4.68. The van der Waals surface area contributed by atoms with Gasteiger partial charge in [-0.15, -0.1) is 0 Å². The number of amides is 2. The number of carboxylic acids is 1. The second-order valence-electron chi connectivity index (χ2n) is 6.68. The zero-order valence-corrected chi connectivity index (χ0v) is 16.0. The molecule has 0 radical (unpaired) electrons. The lowest BCUT2D eigenvalue weighted by atomic mass is 10.1. The molecule has 146 valence electrons. The number of carbonyl (C=O) groups is 3. The molecule has 3 aromatic carbocycles. The van der Waals surface area contributed by atoms with E-state index in [0.29, 0.717) is 11.4 Å². The molecule has 3 rings (SSSR count). The van der Waals surface area contributed by atoms with E-state index in [1.54, 1.807) is 36.4 Å². The van der Waals surface area contributed by atoms with Crippen LogP contribution in [0.25, 0.3) is 0 Å². The first-order valence-electron chi connectivity index (χ1n) is 8.97. The molecule has 6 nitrogen and oxygen atoms in total. The summed E-state index contributed by atoms with van der Waals surface area (Å²) in [6, 6.07) is 18.2. The summed E-state index contributed by atoms with van der Waals surface area (Å²) in [5.41, 5.74) is 3.17. The predicted octanol–water partition coefficient (Wildman–Crippen LogP) is 4.51. The van der Waals surface area contributed by atoms with Gasteiger partial charge in [-0.1, -0.05) is 30.3 Å². The van der Waals surface area contributed by atoms with Crippen LogP contribution in [0.3, 0.4) is 0 Å². The van der Waals surface area contributed by atoms with Crippen molar-refractivity contribution in [2.75, 3.05) is 10.6 Å². The van der Waals surface area contributed by atoms with E-state index >= 15 is 0 Å². The Bertz CT molecular complexity index is 1090. The second kappa shape index (κ2) is 8.39. The zero-order valence-electron chi connectivity index (χ0n) is 16.0. The number of anilines is 2. The third-order valence-corrected chi connectivity index (χ3v) is 4.30. The molecule has 0 saturated carbocycles. The zero-order chi connectivity index (χ0) is 21.0. The van der Waals surface area contributed by atoms with Crippen LogP contribution in [0.4, 0.5) is 11.4 Å². The summed E-state index contributed by atoms with van der Waals surface area (Å²) in [4.78, 5) is 36.8. The van der Waals surface area contributed by atoms with E-state index in [0.717, 1.165) is 11.1 Å². The van der Waals surface area contributed by atoms with Crippen molar-refractivity contribution in [2.24, 2.45) is 0 Å². The maximum Gasteiger partial charge on any atom is 0.336 e. The average molecular weight is 388 g/mol. The Morgan fingerprint density at radius 3 is 1.83 bits per heavy atom. The molecule has 0 atom stereocenters. The number of hydrogen-bond donors (Lipinski definition) is 3. The molecule has 0 saturated heterocycles. The molecule has 0 spiro atoms. The lowest BCUT2D eigenvalue weighted by Crippen LogP contribution is -2.20. The van der Waals surface area contributed by atoms with E-state index in [9.17, 15) is 19.5 Å². The molecule has 0 bridgehead atoms. The van der Waals surface area contributed by atoms with Gasteiger partial charge in [0.05, 0.1) is 22.4 Å². The number of para-hydroxylation sites is 1. The van der Waals surface area contributed by atoms with Crippen LogP contribution in [0.15, 0.2) is 66.7 Å². The van der Waals surface area contributed by atoms with Crippen molar-refractivity contribution in [3.05, 3.63) is 94.5 Å². The van der Waals surface area contributed by atoms with Crippen LogP contribution in [0.1, 0.15) is 42.2 Å². The van der Waals surface area contributed by atoms with E-state index < -0.39 is 11.9 Å². The summed E-state index contributed by atoms with van der Waals surface area (Å²) in [7, 11) is 0. The van der Waals surface area contributed by atoms with Gasteiger partial charge < -0.3 is 15.7 Å². The number of benzene rings is 3. The average Bonchev–Trinajstić information content (AvgIpc) is 2.67. The maximum atomic E-state index is 12.8. The fourth-order valence-electron chi connectivity index (χ4n) is 3.09. The van der Waals surface area contributed by atoms with Crippen LogP contribution < -0.4 is 10.6 Å². The molecule has 0 heterocycles. The van der Waals surface area contributed by atoms with Crippen LogP contribution in [-0.2, 0) is 0 Å². The number of rotatable bonds is 5. The van der Waals surface area contributed by atoms with Crippen molar-refractivity contribution in [1.82, 2.24) is 0 Å². The maximum absolute atomic E-state index is 12.8. The van der Waals surface area contributed by atoms with Crippen LogP contribution in [0.5, 0.6) is 0 Å². The Labute approximate surface area is 168 Å². The van der Waals surface area contributed by atoms with Gasteiger partial charge in [-0.2, -0.15) is 0 Å². The standard InChI is InChI=1S/C23H20N2O4/c1-14-11-15(2)13-16(12-14)24-22(27)19-9-5-6-10-20(19)25-21(26)17-7-3-4-8-18(17)23(28)29/h3-13H,1-2H3,(H,24,27)(H,25,26)(H,28,29). The fourth-order valence-corrected chi connectivity index (χ4v) is 3.09. The number of carbonyl (C=O) groups excluding carboxylic acids is 2. The van der Waals surface area contributed by atoms with Crippen molar-refractivity contribution in [1.29, 1.82) is 0 Å². The molecule has 29 heavy (non-hydrogen) atoms. The lowest BCUT2D eigenvalue weighted by molar-refractivity contribution is 0.0692. The van der Waals surface area contributed by atoms with Gasteiger partial charge in [-0.25, -0.2) is 4.79 Å². The van der Waals surface area contributed by atoms with Crippen molar-refractivity contribution >= 4 is 29.2 Å². The summed E-state index contributed by atoms with van der Waals surface area (Å²) < 4.78 is 0. The normalized spacial score (nSPS) is 10.3. The minimum Gasteiger partial charge on any atom is -0.478 e. The lowest BCUT2D eigenvalue weighted by Gasteiger charge is -2.13. The smallest absolute Gasteiger partial charge is 0.336 e. The highest BCUT2D eigenvalue weighted by molar-refractivity contribution is 6.14. The summed E-state index contributed by atoms with van der Waals surface area (Å²) in [6.45, 7) is 3.88. The van der Waals surface area contributed by atoms with Gasteiger partial charge in [-0.3, -0.25) is 9.59 Å². The number of carboxylic acid groups (broad SMARTS) is 1. The Morgan fingerprint density at radius 1 is 0.690 bits per heavy atom. The quantitative estimate of drug-likeness (QED) is 0.599. The first-order chi connectivity index (χ1) is 13.8. The molecule has 0 fully saturated rings. The van der Waals surface area contributed by atoms with Crippen molar-refractivity contribution in [2.45, 2.75) is 13.8 Å². The van der Waals surface area contributed by atoms with E-state index in [1.165, 1.54) is 12.1 Å². The molecule has 0 aromatic heterocycles. The molecular formula is C23H20N2O4. The Kier molecular flexibility index (Phi) is 5.74. The highest BCUT2D eigenvalue weighted by atomic mass is 16.4. The molecule has 2 amide bonds. The second-order valence-corrected chi connectivity index (χ2v) is 6.68. The molecule has 0 aliphatic carbocycles. The van der Waals surface area contributed by atoms with E-state index in [4.69, 9.17) is 0 Å². The highest BCUT2D eigenvalue weighted by Crippen LogP contribution is 2.21. The molecule has 6 heteroatoms. The van der Waals surface area contributed by atoms with E-state index in [2.05, 4.69) is 10.6 Å². The third-order valence-electron chi connectivity index (χ3n) is 4.30. The topological polar surface area (TPSA) is 95.5 Å². The molecular weight excluding hydrogens is 368 g/mol. The number of hydrogen-bond acceptors (Lipinski definition) is 3. The SMILES string of the molecule is Cc1cc(C)cc(NC(=O)c2ccccc2NC(=O)c2ccccc2C(=O)O)c1. The van der Waals surface area contributed by atoms with Gasteiger partial charge in [0.15, 0.2) is 0 Å². The Hall–Kier alpha value is -3.93. The van der Waals surface area contributed by atoms with E-state index in [1.807, 2.05) is 32.0 Å². The van der Waals surface area contributed by atoms with Gasteiger partial charge in [0.2, 0.25) is 0 Å². The van der Waals surface area contributed by atoms with Gasteiger partial charge in [0.25, 0.3) is 11.8 Å². The summed E-state index contributed by atoms with van der Waals surface area (Å²) >= 11 is 0. The summed E-state index contributed by atoms with van der Waals surface area (Å²) in [5.74, 6) is -2.18. The van der Waals surface area contributed by atoms with Crippen LogP contribution >= 0.6 is 0 Å². The van der Waals surface area contributed by atoms with Crippen LogP contribution in [0.2, 0.25) is 0 Å². The predicted molar refractivity (Wildman–Crippen MR) is 112 cm³/mol. The Morgan fingerprint density at radius 2 is 1.21 bits per heavy atom. The van der Waals surface area contributed by atoms with Crippen molar-refractivity contribution in [3.8, 4) is 0 Å². The van der Waals surface area contributed by atoms with Crippen LogP contribution in [0, 0.1) is 13.8 Å². The first kappa shape index (κ1) is 19.8. The van der Waals surface area contributed by atoms with Crippen molar-refractivity contribution < 1.29 is 19.5 Å². The molecule has 3 aromatic rings. The Balaban J connectivity index is 1.86. The minimum atomic E-state index is -1.20. The molecule has 0 aliphatic rings. The highest BCUT2D eigenvalue weighted by Gasteiger charge is 2.18. The number of aromatic carboxylic acids is 1. The summed E-state index contributed by atoms with van der Waals surface area (Å²) in [5, 5.41) is 14.8. The molecule has 3 N–H and O–H groups in total. The summed E-state index contributed by atoms with van der Waals surface area (Å²) in [6.07, 6.45) is 0. The number of nitrogens with one attached hydrogen (secondary N) is 2. The molecule has 0 unspecified atom stereocenters. The first-order valence-corrected chi connectivity index (χ1v) is 8.97. The monoisotopic (exact) mass is 388 g/mol. The van der Waals surface area contributed by atoms with Gasteiger partial charge in [0, 0.05) is 5.69 Å². The minimum absolute atomic E-state index is 0.0181. The van der Waals surface area contributed by atoms with E-state index in [-0.39, 0.29) is 22.6 Å². The molecule has 0 aliphatic heterocycles. The number of aryl methyl sites for hydroxylation is 2. The van der Waals surface area contributed by atoms with Crippen molar-refractivity contribution in [3.63, 3.8) is 0 Å². The van der Waals surface area contributed by atoms with Gasteiger partial charge in [0.1, 0.15) is 0 Å². The van der Waals surface area contributed by atoms with Crippen LogP contribution in [-0.4, -0.2) is 22.9 Å². The van der Waals surface area contributed by atoms with Gasteiger partial charge >= 0.3 is 5.97 Å².